The van der Waals surface area contributed by atoms with E-state index in [-0.39, 0.29) is 66.8 Å². The van der Waals surface area contributed by atoms with Gasteiger partial charge in [0.25, 0.3) is 0 Å². The van der Waals surface area contributed by atoms with Crippen LogP contribution >= 0.6 is 0 Å². The Hall–Kier alpha value is -7.77. The number of allylic oxidation sites excluding steroid dienone is 1. The van der Waals surface area contributed by atoms with Crippen molar-refractivity contribution in [3.63, 3.8) is 0 Å². The van der Waals surface area contributed by atoms with Gasteiger partial charge in [0.05, 0.1) is 38.4 Å². The zero-order valence-electron chi connectivity index (χ0n) is 60.1. The van der Waals surface area contributed by atoms with Gasteiger partial charge in [-0.05, 0) is 205 Å². The first-order valence-electron chi connectivity index (χ1n) is 35.0. The van der Waals surface area contributed by atoms with Crippen LogP contribution in [0, 0.1) is 35.0 Å². The molecule has 4 unspecified atom stereocenters. The number of esters is 1. The Labute approximate surface area is 623 Å². The molecule has 4 bridgehead atoms. The van der Waals surface area contributed by atoms with E-state index in [9.17, 15) is 4.79 Å². The summed E-state index contributed by atoms with van der Waals surface area (Å²) in [5.74, 6) is 7.56. The molecule has 4 atom stereocenters. The highest BCUT2D eigenvalue weighted by Crippen LogP contribution is 2.68. The van der Waals surface area contributed by atoms with E-state index in [2.05, 4.69) is 141 Å². The lowest BCUT2D eigenvalue weighted by Gasteiger charge is -2.61. The molecule has 0 radical (unpaired) electrons. The van der Waals surface area contributed by atoms with E-state index in [4.69, 9.17) is 47.4 Å². The van der Waals surface area contributed by atoms with E-state index < -0.39 is 0 Å². The van der Waals surface area contributed by atoms with Crippen LogP contribution in [0.1, 0.15) is 214 Å². The Morgan fingerprint density at radius 3 is 1.52 bits per heavy atom. The number of aryl methyl sites for hydroxylation is 1. The van der Waals surface area contributed by atoms with Gasteiger partial charge in [-0.2, -0.15) is 0 Å². The number of ether oxygens (including phenoxy) is 10. The molecule has 564 valence electrons. The molecule has 0 amide bonds. The fraction of sp³-hybridized carbons (Fsp3) is 0.467. The number of para-hydroxylation sites is 2. The zero-order valence-corrected chi connectivity index (χ0v) is 60.1. The van der Waals surface area contributed by atoms with Gasteiger partial charge in [0.1, 0.15) is 42.0 Å². The fourth-order valence-electron chi connectivity index (χ4n) is 14.9. The van der Waals surface area contributed by atoms with Gasteiger partial charge in [0.15, 0.2) is 11.5 Å². The lowest BCUT2D eigenvalue weighted by Crippen LogP contribution is -2.56. The second-order valence-corrected chi connectivity index (χ2v) is 28.2. The van der Waals surface area contributed by atoms with Crippen LogP contribution in [0.3, 0.4) is 0 Å². The van der Waals surface area contributed by atoms with Crippen molar-refractivity contribution in [3.8, 4) is 51.4 Å². The molecule has 4 aliphatic carbocycles. The maximum Gasteiger partial charge on any atom is 0.317 e. The van der Waals surface area contributed by atoms with Gasteiger partial charge in [0.2, 0.25) is 0 Å². The minimum atomic E-state index is -0.300. The van der Waals surface area contributed by atoms with E-state index in [0.29, 0.717) is 87.2 Å². The van der Waals surface area contributed by atoms with Crippen LogP contribution in [-0.2, 0) is 61.5 Å². The second kappa shape index (κ2) is 42.3. The number of fused-ring (bicyclic) bond motifs is 1. The molecule has 11 nitrogen and oxygen atoms in total. The SMILES string of the molecule is C.C.C.C.C.C.C=C(CC12CC3CC(C1)CC(C(=O)Oc1ccc(COC)cc1)(C3)C2)C(C)(C)CC.CCC(C)c1ccc(OCCOc2c(COC)cc(-c3ccccc3)cc2COC)cc1.CCC(C)c1ccc2cc(Oc3ccccc3Oc3c(COC)cc(C)cc3COC)ccc2c1. The lowest BCUT2D eigenvalue weighted by atomic mass is 9.43. The molecule has 4 aliphatic rings. The van der Waals surface area contributed by atoms with Crippen molar-refractivity contribution in [2.75, 3.05) is 48.8 Å². The van der Waals surface area contributed by atoms with Crippen LogP contribution in [0.4, 0.5) is 0 Å². The second-order valence-electron chi connectivity index (χ2n) is 28.2. The molecule has 0 N–H and O–H groups in total. The predicted molar refractivity (Wildman–Crippen MR) is 432 cm³/mol. The monoisotopic (exact) mass is 1410 g/mol. The van der Waals surface area contributed by atoms with Crippen LogP contribution in [0.25, 0.3) is 21.9 Å². The molecule has 0 aliphatic heterocycles. The minimum Gasteiger partial charge on any atom is -0.490 e. The van der Waals surface area contributed by atoms with E-state index in [1.165, 1.54) is 41.3 Å². The largest absolute Gasteiger partial charge is 0.490 e. The highest BCUT2D eigenvalue weighted by atomic mass is 16.5. The molecule has 0 heterocycles. The maximum atomic E-state index is 13.5. The van der Waals surface area contributed by atoms with Gasteiger partial charge >= 0.3 is 5.97 Å². The van der Waals surface area contributed by atoms with Crippen molar-refractivity contribution in [1.82, 2.24) is 0 Å². The molecule has 4 saturated carbocycles. The number of carbonyl (C=O) groups excluding carboxylic acids is 1. The Bertz CT molecular complexity index is 3770. The van der Waals surface area contributed by atoms with E-state index in [0.717, 1.165) is 118 Å². The summed E-state index contributed by atoms with van der Waals surface area (Å²) >= 11 is 0. The van der Waals surface area contributed by atoms with Crippen LogP contribution in [0.2, 0.25) is 0 Å². The smallest absolute Gasteiger partial charge is 0.317 e. The highest BCUT2D eigenvalue weighted by molar-refractivity contribution is 5.85. The summed E-state index contributed by atoms with van der Waals surface area (Å²) in [5, 5.41) is 2.36. The van der Waals surface area contributed by atoms with Crippen molar-refractivity contribution < 1.29 is 52.2 Å². The Morgan fingerprint density at radius 2 is 0.981 bits per heavy atom. The number of methoxy groups -OCH3 is 5. The molecule has 4 fully saturated rings. The molecule has 8 aromatic carbocycles. The molecule has 8 aromatic rings. The third-order valence-electron chi connectivity index (χ3n) is 20.4. The number of benzene rings is 8. The first-order valence-corrected chi connectivity index (χ1v) is 35.0. The number of rotatable bonds is 30. The standard InChI is InChI=1S/C31H34O4.C28H34O4.C27H38O3.6CH4/c1-6-22(3)23-11-12-25-18-28(14-13-24(25)17-23)34-29-9-7-8-10-30(29)35-31-26(19-32-4)15-21(2)16-27(31)20-33-5;1-5-21(2)22-11-13-27(14-12-22)31-15-16-32-28-25(19-29-3)17-24(18-26(28)20-30-4)23-9-7-6-8-10-23;1-6-25(3,4)19(2)12-26-13-21-11-22(14-26)16-27(15-21,18-26)24(28)30-23-9-7-20(8-10-23)17-29-5;;;;;;/h7-18,22H,6,19-20H2,1-5H3;6-14,17-18,21H,5,15-16,19-20H2,1-4H3;7-10,21-22H,2,6,11-18H2,1,3-5H3;6*1H4. The first-order chi connectivity index (χ1) is 46.9. The van der Waals surface area contributed by atoms with Crippen molar-refractivity contribution in [2.24, 2.45) is 28.1 Å². The van der Waals surface area contributed by atoms with Crippen molar-refractivity contribution in [2.45, 2.75) is 209 Å². The minimum absolute atomic E-state index is 0. The number of carbonyl (C=O) groups is 1. The van der Waals surface area contributed by atoms with Crippen LogP contribution in [0.15, 0.2) is 176 Å². The highest BCUT2D eigenvalue weighted by Gasteiger charge is 2.61. The van der Waals surface area contributed by atoms with Gasteiger partial charge in [-0.1, -0.05) is 214 Å². The first kappa shape index (κ1) is 89.4. The molecule has 0 spiro atoms. The third kappa shape index (κ3) is 23.4. The van der Waals surface area contributed by atoms with E-state index in [1.54, 1.807) is 35.5 Å². The van der Waals surface area contributed by atoms with Crippen LogP contribution < -0.4 is 23.7 Å². The molecule has 11 heteroatoms. The van der Waals surface area contributed by atoms with Gasteiger partial charge in [-0.3, -0.25) is 4.79 Å². The van der Waals surface area contributed by atoms with Crippen LogP contribution in [-0.4, -0.2) is 54.7 Å². The fourth-order valence-corrected chi connectivity index (χ4v) is 14.9. The van der Waals surface area contributed by atoms with Gasteiger partial charge in [-0.25, -0.2) is 0 Å². The Morgan fingerprint density at radius 1 is 0.505 bits per heavy atom. The molecular formula is C92H130O11. The number of hydrogen-bond donors (Lipinski definition) is 0. The summed E-state index contributed by atoms with van der Waals surface area (Å²) in [6.07, 6.45) is 11.3. The zero-order chi connectivity index (χ0) is 69.1. The summed E-state index contributed by atoms with van der Waals surface area (Å²) in [4.78, 5) is 13.5. The van der Waals surface area contributed by atoms with Crippen molar-refractivity contribution in [1.29, 1.82) is 0 Å². The normalized spacial score (nSPS) is 17.2. The molecule has 12 rings (SSSR count). The summed E-state index contributed by atoms with van der Waals surface area (Å²) in [6, 6.07) is 55.4. The van der Waals surface area contributed by atoms with E-state index >= 15 is 0 Å². The average Bonchev–Trinajstić information content (AvgIpc) is 0.715. The van der Waals surface area contributed by atoms with Gasteiger partial charge in [-0.15, -0.1) is 0 Å². The third-order valence-corrected chi connectivity index (χ3v) is 20.4. The summed E-state index contributed by atoms with van der Waals surface area (Å²) in [5.41, 5.74) is 12.6. The molecule has 0 saturated heterocycles. The maximum absolute atomic E-state index is 13.5. The average molecular weight is 1410 g/mol. The molecule has 103 heavy (non-hydrogen) atoms. The van der Waals surface area contributed by atoms with Crippen LogP contribution in [0.5, 0.6) is 40.2 Å². The Balaban J connectivity index is 0.000000391. The van der Waals surface area contributed by atoms with Gasteiger partial charge < -0.3 is 47.4 Å². The molecule has 0 aromatic heterocycles. The predicted octanol–water partition coefficient (Wildman–Crippen LogP) is 25.7. The summed E-state index contributed by atoms with van der Waals surface area (Å²) < 4.78 is 57.8. The Kier molecular flexibility index (Phi) is 36.7. The summed E-state index contributed by atoms with van der Waals surface area (Å²) in [6.45, 7) is 25.7. The van der Waals surface area contributed by atoms with Gasteiger partial charge in [0, 0.05) is 57.8 Å². The molecular weight excluding hydrogens is 1280 g/mol. The summed E-state index contributed by atoms with van der Waals surface area (Å²) in [7, 11) is 8.45. The number of hydrogen-bond acceptors (Lipinski definition) is 11. The van der Waals surface area contributed by atoms with E-state index in [1.807, 2.05) is 84.9 Å². The quantitative estimate of drug-likeness (QED) is 0.0186. The topological polar surface area (TPSA) is 109 Å². The van der Waals surface area contributed by atoms with Crippen molar-refractivity contribution in [3.05, 3.63) is 220 Å². The lowest BCUT2D eigenvalue weighted by molar-refractivity contribution is -0.171. The van der Waals surface area contributed by atoms with Crippen molar-refractivity contribution >= 4 is 16.7 Å².